The van der Waals surface area contributed by atoms with Gasteiger partial charge in [-0.3, -0.25) is 4.79 Å². The van der Waals surface area contributed by atoms with Crippen molar-refractivity contribution in [3.05, 3.63) is 70.6 Å². The van der Waals surface area contributed by atoms with E-state index < -0.39 is 0 Å². The van der Waals surface area contributed by atoms with E-state index in [9.17, 15) is 4.79 Å². The Labute approximate surface area is 142 Å². The number of halogens is 1. The molecule has 112 valence electrons. The number of aromatic amines is 1. The summed E-state index contributed by atoms with van der Waals surface area (Å²) in [5, 5.41) is 0.931. The van der Waals surface area contributed by atoms with Crippen LogP contribution < -0.4 is 0 Å². The molecule has 2 aromatic carbocycles. The quantitative estimate of drug-likeness (QED) is 0.455. The lowest BCUT2D eigenvalue weighted by Gasteiger charge is -2.01. The summed E-state index contributed by atoms with van der Waals surface area (Å²) in [6.07, 6.45) is 0.913. The van der Waals surface area contributed by atoms with Gasteiger partial charge in [0.15, 0.2) is 6.29 Å². The second-order valence-corrected chi connectivity index (χ2v) is 6.98. The fourth-order valence-corrected chi connectivity index (χ4v) is 3.85. The van der Waals surface area contributed by atoms with Crippen LogP contribution >= 0.6 is 22.9 Å². The lowest BCUT2D eigenvalue weighted by Crippen LogP contribution is -1.82. The minimum Gasteiger partial charge on any atom is -0.353 e. The summed E-state index contributed by atoms with van der Waals surface area (Å²) in [5.74, 6) is 0. The minimum atomic E-state index is 0.677. The molecule has 2 heterocycles. The van der Waals surface area contributed by atoms with E-state index in [2.05, 4.69) is 29.2 Å². The standard InChI is InChI=1S/C19H12ClNOS/c20-18-9-8-17(23-18)19-15(11-22)14-10-13(6-7-16(14)21-19)12-4-2-1-3-5-12/h1-11,21H. The monoisotopic (exact) mass is 337 g/mol. The Morgan fingerprint density at radius 1 is 0.957 bits per heavy atom. The second-order valence-electron chi connectivity index (χ2n) is 5.26. The molecule has 4 heteroatoms. The Morgan fingerprint density at radius 2 is 1.78 bits per heavy atom. The molecule has 0 aliphatic rings. The molecule has 2 aromatic heterocycles. The number of benzene rings is 2. The molecule has 23 heavy (non-hydrogen) atoms. The van der Waals surface area contributed by atoms with Crippen LogP contribution in [0.1, 0.15) is 10.4 Å². The van der Waals surface area contributed by atoms with E-state index in [1.165, 1.54) is 11.3 Å². The highest BCUT2D eigenvalue weighted by molar-refractivity contribution is 7.19. The summed E-state index contributed by atoms with van der Waals surface area (Å²) in [5.41, 5.74) is 4.68. The fourth-order valence-electron chi connectivity index (χ4n) is 2.79. The van der Waals surface area contributed by atoms with Crippen molar-refractivity contribution in [2.75, 3.05) is 0 Å². The van der Waals surface area contributed by atoms with Crippen LogP contribution in [0.3, 0.4) is 0 Å². The van der Waals surface area contributed by atoms with Crippen molar-refractivity contribution in [2.24, 2.45) is 0 Å². The van der Waals surface area contributed by atoms with Crippen molar-refractivity contribution in [1.29, 1.82) is 0 Å². The highest BCUT2D eigenvalue weighted by atomic mass is 35.5. The smallest absolute Gasteiger partial charge is 0.152 e. The van der Waals surface area contributed by atoms with Gasteiger partial charge in [0.05, 0.1) is 14.9 Å². The third kappa shape index (κ3) is 2.48. The molecule has 0 amide bonds. The van der Waals surface area contributed by atoms with E-state index >= 15 is 0 Å². The molecule has 0 atom stereocenters. The van der Waals surface area contributed by atoms with Crippen molar-refractivity contribution < 1.29 is 4.79 Å². The Kier molecular flexibility index (Phi) is 3.52. The van der Waals surface area contributed by atoms with Crippen molar-refractivity contribution in [3.63, 3.8) is 0 Å². The number of carbonyl (C=O) groups is 1. The lowest BCUT2D eigenvalue weighted by molar-refractivity contribution is 0.112. The zero-order valence-electron chi connectivity index (χ0n) is 12.0. The second kappa shape index (κ2) is 5.69. The minimum absolute atomic E-state index is 0.677. The molecule has 0 aliphatic heterocycles. The van der Waals surface area contributed by atoms with Crippen molar-refractivity contribution in [1.82, 2.24) is 4.98 Å². The molecule has 4 aromatic rings. The van der Waals surface area contributed by atoms with E-state index in [-0.39, 0.29) is 0 Å². The van der Waals surface area contributed by atoms with Gasteiger partial charge in [0, 0.05) is 16.5 Å². The van der Waals surface area contributed by atoms with E-state index in [0.717, 1.165) is 38.9 Å². The summed E-state index contributed by atoms with van der Waals surface area (Å²) in [6, 6.07) is 20.1. The molecule has 0 unspecified atom stereocenters. The van der Waals surface area contributed by atoms with Gasteiger partial charge in [-0.05, 0) is 35.4 Å². The SMILES string of the molecule is O=Cc1c(-c2ccc(Cl)s2)[nH]c2ccc(-c3ccccc3)cc12. The summed E-state index contributed by atoms with van der Waals surface area (Å²) < 4.78 is 0.709. The highest BCUT2D eigenvalue weighted by Crippen LogP contribution is 2.36. The molecule has 0 radical (unpaired) electrons. The maximum atomic E-state index is 11.7. The van der Waals surface area contributed by atoms with Crippen LogP contribution in [0.2, 0.25) is 4.34 Å². The molecule has 0 saturated carbocycles. The number of fused-ring (bicyclic) bond motifs is 1. The Hall–Kier alpha value is -2.36. The average Bonchev–Trinajstić information content (AvgIpc) is 3.18. The van der Waals surface area contributed by atoms with Crippen LogP contribution in [0, 0.1) is 0 Å². The van der Waals surface area contributed by atoms with Crippen molar-refractivity contribution in [2.45, 2.75) is 0 Å². The highest BCUT2D eigenvalue weighted by Gasteiger charge is 2.15. The molecule has 0 saturated heterocycles. The van der Waals surface area contributed by atoms with Gasteiger partial charge in [-0.2, -0.15) is 0 Å². The van der Waals surface area contributed by atoms with E-state index in [4.69, 9.17) is 11.6 Å². The Balaban J connectivity index is 1.93. The number of thiophene rings is 1. The van der Waals surface area contributed by atoms with Crippen LogP contribution in [0.25, 0.3) is 32.6 Å². The van der Waals surface area contributed by atoms with Gasteiger partial charge < -0.3 is 4.98 Å². The van der Waals surface area contributed by atoms with E-state index in [0.29, 0.717) is 9.90 Å². The van der Waals surface area contributed by atoms with Crippen molar-refractivity contribution >= 4 is 40.1 Å². The van der Waals surface area contributed by atoms with Crippen LogP contribution in [-0.4, -0.2) is 11.3 Å². The average molecular weight is 338 g/mol. The van der Waals surface area contributed by atoms with Crippen LogP contribution in [0.4, 0.5) is 0 Å². The van der Waals surface area contributed by atoms with E-state index in [1.807, 2.05) is 36.4 Å². The summed E-state index contributed by atoms with van der Waals surface area (Å²) >= 11 is 7.49. The Bertz CT molecular complexity index is 1000. The maximum Gasteiger partial charge on any atom is 0.152 e. The van der Waals surface area contributed by atoms with Gasteiger partial charge in [-0.15, -0.1) is 11.3 Å². The predicted molar refractivity (Wildman–Crippen MR) is 97.4 cm³/mol. The molecular formula is C19H12ClNOS. The van der Waals surface area contributed by atoms with Gasteiger partial charge in [0.25, 0.3) is 0 Å². The largest absolute Gasteiger partial charge is 0.353 e. The number of nitrogens with one attached hydrogen (secondary N) is 1. The molecule has 2 nitrogen and oxygen atoms in total. The van der Waals surface area contributed by atoms with E-state index in [1.54, 1.807) is 0 Å². The van der Waals surface area contributed by atoms with Crippen LogP contribution in [0.15, 0.2) is 60.7 Å². The third-order valence-electron chi connectivity index (χ3n) is 3.88. The first kappa shape index (κ1) is 14.2. The van der Waals surface area contributed by atoms with Gasteiger partial charge in [0.2, 0.25) is 0 Å². The number of carbonyl (C=O) groups excluding carboxylic acids is 1. The molecule has 1 N–H and O–H groups in total. The summed E-state index contributed by atoms with van der Waals surface area (Å²) in [6.45, 7) is 0. The van der Waals surface area contributed by atoms with Crippen LogP contribution in [-0.2, 0) is 0 Å². The number of hydrogen-bond acceptors (Lipinski definition) is 2. The molecule has 0 fully saturated rings. The van der Waals surface area contributed by atoms with Gasteiger partial charge in [-0.25, -0.2) is 0 Å². The maximum absolute atomic E-state index is 11.7. The summed E-state index contributed by atoms with van der Waals surface area (Å²) in [4.78, 5) is 16.0. The summed E-state index contributed by atoms with van der Waals surface area (Å²) in [7, 11) is 0. The number of H-pyrrole nitrogens is 1. The molecule has 4 rings (SSSR count). The first-order valence-electron chi connectivity index (χ1n) is 7.18. The number of hydrogen-bond donors (Lipinski definition) is 1. The third-order valence-corrected chi connectivity index (χ3v) is 5.13. The number of aromatic nitrogens is 1. The lowest BCUT2D eigenvalue weighted by atomic mass is 10.0. The first-order chi connectivity index (χ1) is 11.3. The molecular weight excluding hydrogens is 326 g/mol. The normalized spacial score (nSPS) is 11.0. The van der Waals surface area contributed by atoms with Gasteiger partial charge >= 0.3 is 0 Å². The molecule has 0 spiro atoms. The van der Waals surface area contributed by atoms with Crippen LogP contribution in [0.5, 0.6) is 0 Å². The topological polar surface area (TPSA) is 32.9 Å². The molecule has 0 bridgehead atoms. The van der Waals surface area contributed by atoms with Crippen molar-refractivity contribution in [3.8, 4) is 21.7 Å². The number of aldehydes is 1. The predicted octanol–water partition coefficient (Wildman–Crippen LogP) is 6.03. The number of rotatable bonds is 3. The first-order valence-corrected chi connectivity index (χ1v) is 8.38. The molecule has 0 aliphatic carbocycles. The zero-order chi connectivity index (χ0) is 15.8. The van der Waals surface area contributed by atoms with Gasteiger partial charge in [-0.1, -0.05) is 48.0 Å². The zero-order valence-corrected chi connectivity index (χ0v) is 13.6. The van der Waals surface area contributed by atoms with Gasteiger partial charge in [0.1, 0.15) is 0 Å². The fraction of sp³-hybridized carbons (Fsp3) is 0. The Morgan fingerprint density at radius 3 is 2.48 bits per heavy atom.